The number of primary amides is 1. The molecule has 1 atom stereocenters. The highest BCUT2D eigenvalue weighted by Gasteiger charge is 2.23. The van der Waals surface area contributed by atoms with Crippen LogP contribution in [0.15, 0.2) is 59.5 Å². The predicted molar refractivity (Wildman–Crippen MR) is 125 cm³/mol. The summed E-state index contributed by atoms with van der Waals surface area (Å²) in [5, 5.41) is 2.81. The summed E-state index contributed by atoms with van der Waals surface area (Å²) in [6.45, 7) is 1.78. The fraction of sp³-hybridized carbons (Fsp3) is 0.391. The number of sulfonamides is 1. The van der Waals surface area contributed by atoms with Gasteiger partial charge in [0.25, 0.3) is 10.0 Å². The second-order valence-corrected chi connectivity index (χ2v) is 10.1. The van der Waals surface area contributed by atoms with E-state index in [4.69, 9.17) is 5.73 Å². The zero-order valence-corrected chi connectivity index (χ0v) is 19.1. The number of likely N-dealkylation sites (tertiary alicyclic amines) is 1. The number of para-hydroxylation sites is 1. The maximum atomic E-state index is 13.0. The van der Waals surface area contributed by atoms with Crippen LogP contribution in [-0.4, -0.2) is 51.8 Å². The number of nitrogens with zero attached hydrogens (tertiary/aromatic N) is 2. The fourth-order valence-corrected chi connectivity index (χ4v) is 5.19. The van der Waals surface area contributed by atoms with Gasteiger partial charge in [-0.25, -0.2) is 8.42 Å². The van der Waals surface area contributed by atoms with E-state index in [0.717, 1.165) is 32.4 Å². The Balaban J connectivity index is 1.62. The summed E-state index contributed by atoms with van der Waals surface area (Å²) in [4.78, 5) is 25.8. The number of rotatable bonds is 9. The first-order chi connectivity index (χ1) is 15.3. The third-order valence-corrected chi connectivity index (χ3v) is 7.45. The highest BCUT2D eigenvalue weighted by molar-refractivity contribution is 7.92. The van der Waals surface area contributed by atoms with Crippen molar-refractivity contribution in [2.45, 2.75) is 30.6 Å². The molecule has 2 amide bonds. The third-order valence-electron chi connectivity index (χ3n) is 5.67. The van der Waals surface area contributed by atoms with E-state index in [-0.39, 0.29) is 23.3 Å². The maximum absolute atomic E-state index is 13.0. The van der Waals surface area contributed by atoms with Gasteiger partial charge in [0.05, 0.1) is 17.1 Å². The SMILES string of the molecule is CN(c1ccccc1)S(=O)(=O)c1cccc(NC(=O)CN2CCCC(CCC(N)=O)C2)c1. The Morgan fingerprint density at radius 3 is 2.62 bits per heavy atom. The normalized spacial score (nSPS) is 17.0. The highest BCUT2D eigenvalue weighted by atomic mass is 32.2. The molecule has 32 heavy (non-hydrogen) atoms. The number of nitrogens with one attached hydrogen (secondary N) is 1. The highest BCUT2D eigenvalue weighted by Crippen LogP contribution is 2.24. The van der Waals surface area contributed by atoms with E-state index < -0.39 is 10.0 Å². The molecule has 9 heteroatoms. The number of carbonyl (C=O) groups is 2. The van der Waals surface area contributed by atoms with Crippen LogP contribution >= 0.6 is 0 Å². The van der Waals surface area contributed by atoms with Crippen molar-refractivity contribution >= 4 is 33.2 Å². The Morgan fingerprint density at radius 2 is 1.91 bits per heavy atom. The lowest BCUT2D eigenvalue weighted by Crippen LogP contribution is -2.40. The minimum atomic E-state index is -3.76. The van der Waals surface area contributed by atoms with Crippen molar-refractivity contribution in [1.82, 2.24) is 4.90 Å². The number of benzene rings is 2. The van der Waals surface area contributed by atoms with Crippen LogP contribution in [-0.2, 0) is 19.6 Å². The molecule has 0 bridgehead atoms. The quantitative estimate of drug-likeness (QED) is 0.599. The molecule has 1 aliphatic heterocycles. The standard InChI is InChI=1S/C23H30N4O4S/c1-26(20-9-3-2-4-10-20)32(30,31)21-11-5-8-19(15-21)25-23(29)17-27-14-6-7-18(16-27)12-13-22(24)28/h2-5,8-11,15,18H,6-7,12-14,16-17H2,1H3,(H2,24,28)(H,25,29). The monoisotopic (exact) mass is 458 g/mol. The van der Waals surface area contributed by atoms with Gasteiger partial charge in [0.15, 0.2) is 0 Å². The van der Waals surface area contributed by atoms with Gasteiger partial charge in [-0.3, -0.25) is 18.8 Å². The fourth-order valence-electron chi connectivity index (χ4n) is 3.95. The van der Waals surface area contributed by atoms with Crippen molar-refractivity contribution < 1.29 is 18.0 Å². The Labute approximate surface area is 189 Å². The molecule has 1 aliphatic rings. The molecule has 0 radical (unpaired) electrons. The van der Waals surface area contributed by atoms with E-state index in [1.54, 1.807) is 36.4 Å². The van der Waals surface area contributed by atoms with Crippen molar-refractivity contribution in [3.05, 3.63) is 54.6 Å². The number of hydrogen-bond donors (Lipinski definition) is 2. The molecular formula is C23H30N4O4S. The van der Waals surface area contributed by atoms with Crippen molar-refractivity contribution in [3.63, 3.8) is 0 Å². The molecule has 1 heterocycles. The van der Waals surface area contributed by atoms with Gasteiger partial charge in [-0.05, 0) is 62.1 Å². The number of nitrogens with two attached hydrogens (primary N) is 1. The second-order valence-electron chi connectivity index (χ2n) is 8.13. The zero-order chi connectivity index (χ0) is 23.1. The van der Waals surface area contributed by atoms with E-state index in [2.05, 4.69) is 10.2 Å². The summed E-state index contributed by atoms with van der Waals surface area (Å²) in [5.41, 5.74) is 6.23. The number of anilines is 2. The summed E-state index contributed by atoms with van der Waals surface area (Å²) in [5.74, 6) is -0.148. The topological polar surface area (TPSA) is 113 Å². The maximum Gasteiger partial charge on any atom is 0.264 e. The Bertz CT molecular complexity index is 1040. The van der Waals surface area contributed by atoms with Crippen molar-refractivity contribution in [2.24, 2.45) is 11.7 Å². The number of amides is 2. The lowest BCUT2D eigenvalue weighted by molar-refractivity contribution is -0.119. The molecule has 2 aromatic carbocycles. The van der Waals surface area contributed by atoms with Gasteiger partial charge >= 0.3 is 0 Å². The van der Waals surface area contributed by atoms with E-state index in [1.165, 1.54) is 23.5 Å². The Hall–Kier alpha value is -2.91. The molecule has 1 unspecified atom stereocenters. The summed E-state index contributed by atoms with van der Waals surface area (Å²) in [7, 11) is -2.26. The predicted octanol–water partition coefficient (Wildman–Crippen LogP) is 2.43. The molecule has 1 saturated heterocycles. The van der Waals surface area contributed by atoms with Crippen LogP contribution in [0.3, 0.4) is 0 Å². The molecule has 0 aliphatic carbocycles. The minimum Gasteiger partial charge on any atom is -0.370 e. The molecule has 1 fully saturated rings. The smallest absolute Gasteiger partial charge is 0.264 e. The van der Waals surface area contributed by atoms with Gasteiger partial charge in [-0.2, -0.15) is 0 Å². The van der Waals surface area contributed by atoms with E-state index in [9.17, 15) is 18.0 Å². The number of piperidine rings is 1. The third kappa shape index (κ3) is 6.30. The minimum absolute atomic E-state index is 0.103. The van der Waals surface area contributed by atoms with Crippen molar-refractivity contribution in [2.75, 3.05) is 36.3 Å². The molecule has 3 N–H and O–H groups in total. The molecule has 0 spiro atoms. The summed E-state index contributed by atoms with van der Waals surface area (Å²) in [6.07, 6.45) is 3.10. The second kappa shape index (κ2) is 10.6. The van der Waals surface area contributed by atoms with Crippen molar-refractivity contribution in [1.29, 1.82) is 0 Å². The van der Waals surface area contributed by atoms with Gasteiger partial charge in [0.2, 0.25) is 11.8 Å². The van der Waals surface area contributed by atoms with Gasteiger partial charge in [-0.15, -0.1) is 0 Å². The summed E-state index contributed by atoms with van der Waals surface area (Å²) >= 11 is 0. The summed E-state index contributed by atoms with van der Waals surface area (Å²) < 4.78 is 27.2. The van der Waals surface area contributed by atoms with Crippen LogP contribution in [0, 0.1) is 5.92 Å². The first-order valence-corrected chi connectivity index (χ1v) is 12.1. The lowest BCUT2D eigenvalue weighted by atomic mass is 9.93. The van der Waals surface area contributed by atoms with Gasteiger partial charge in [-0.1, -0.05) is 24.3 Å². The van der Waals surface area contributed by atoms with Crippen LogP contribution in [0.5, 0.6) is 0 Å². The average molecular weight is 459 g/mol. The largest absolute Gasteiger partial charge is 0.370 e. The van der Waals surface area contributed by atoms with Crippen LogP contribution < -0.4 is 15.4 Å². The molecule has 3 rings (SSSR count). The van der Waals surface area contributed by atoms with E-state index in [0.29, 0.717) is 23.7 Å². The first kappa shape index (κ1) is 23.7. The Kier molecular flexibility index (Phi) is 7.87. The van der Waals surface area contributed by atoms with Crippen LogP contribution in [0.4, 0.5) is 11.4 Å². The average Bonchev–Trinajstić information content (AvgIpc) is 2.78. The van der Waals surface area contributed by atoms with Gasteiger partial charge in [0.1, 0.15) is 0 Å². The molecule has 8 nitrogen and oxygen atoms in total. The van der Waals surface area contributed by atoms with Crippen LogP contribution in [0.25, 0.3) is 0 Å². The summed E-state index contributed by atoms with van der Waals surface area (Å²) in [6, 6.07) is 15.1. The zero-order valence-electron chi connectivity index (χ0n) is 18.2. The van der Waals surface area contributed by atoms with Crippen LogP contribution in [0.2, 0.25) is 0 Å². The molecule has 0 saturated carbocycles. The first-order valence-electron chi connectivity index (χ1n) is 10.7. The Morgan fingerprint density at radius 1 is 1.16 bits per heavy atom. The van der Waals surface area contributed by atoms with Gasteiger partial charge in [0, 0.05) is 25.7 Å². The number of hydrogen-bond acceptors (Lipinski definition) is 5. The lowest BCUT2D eigenvalue weighted by Gasteiger charge is -2.32. The van der Waals surface area contributed by atoms with Gasteiger partial charge < -0.3 is 11.1 Å². The van der Waals surface area contributed by atoms with E-state index >= 15 is 0 Å². The molecule has 0 aromatic heterocycles. The number of carbonyl (C=O) groups excluding carboxylic acids is 2. The molecule has 172 valence electrons. The van der Waals surface area contributed by atoms with E-state index in [1.807, 2.05) is 6.07 Å². The molecule has 2 aromatic rings. The molecular weight excluding hydrogens is 428 g/mol. The van der Waals surface area contributed by atoms with Crippen LogP contribution in [0.1, 0.15) is 25.7 Å². The van der Waals surface area contributed by atoms with Crippen molar-refractivity contribution in [3.8, 4) is 0 Å².